The van der Waals surface area contributed by atoms with E-state index in [4.69, 9.17) is 10.5 Å². The van der Waals surface area contributed by atoms with Crippen molar-refractivity contribution in [2.45, 2.75) is 26.2 Å². The fourth-order valence-electron chi connectivity index (χ4n) is 1.49. The third-order valence-corrected chi connectivity index (χ3v) is 3.30. The second kappa shape index (κ2) is 4.70. The third kappa shape index (κ3) is 2.75. The molecular formula is C10H17N3OS. The number of hydrogen-bond acceptors (Lipinski definition) is 5. The monoisotopic (exact) mass is 227 g/mol. The quantitative estimate of drug-likeness (QED) is 0.783. The van der Waals surface area contributed by atoms with Crippen molar-refractivity contribution in [2.24, 2.45) is 5.92 Å². The van der Waals surface area contributed by atoms with Crippen molar-refractivity contribution in [3.05, 3.63) is 0 Å². The van der Waals surface area contributed by atoms with E-state index >= 15 is 0 Å². The fraction of sp³-hybridized carbons (Fsp3) is 0.700. The topological polar surface area (TPSA) is 60.2 Å². The van der Waals surface area contributed by atoms with E-state index in [2.05, 4.69) is 9.69 Å². The lowest BCUT2D eigenvalue weighted by atomic mass is 10.3. The molecule has 3 N–H and O–H groups in total. The van der Waals surface area contributed by atoms with E-state index in [0.717, 1.165) is 23.2 Å². The maximum Gasteiger partial charge on any atom is 0.197 e. The summed E-state index contributed by atoms with van der Waals surface area (Å²) in [7, 11) is 0. The zero-order chi connectivity index (χ0) is 10.7. The molecule has 5 heteroatoms. The molecular weight excluding hydrogens is 210 g/mol. The first-order valence-electron chi connectivity index (χ1n) is 5.43. The summed E-state index contributed by atoms with van der Waals surface area (Å²) in [5.41, 5.74) is 5.71. The zero-order valence-corrected chi connectivity index (χ0v) is 9.77. The van der Waals surface area contributed by atoms with Crippen LogP contribution < -0.4 is 15.8 Å². The molecule has 0 aromatic carbocycles. The van der Waals surface area contributed by atoms with Crippen LogP contribution in [0.3, 0.4) is 0 Å². The Labute approximate surface area is 94.0 Å². The number of hydrogen-bond donors (Lipinski definition) is 2. The predicted molar refractivity (Wildman–Crippen MR) is 63.5 cm³/mol. The van der Waals surface area contributed by atoms with Crippen molar-refractivity contribution >= 4 is 22.4 Å². The smallest absolute Gasteiger partial charge is 0.197 e. The summed E-state index contributed by atoms with van der Waals surface area (Å²) in [4.78, 5) is 0. The van der Waals surface area contributed by atoms with E-state index in [1.165, 1.54) is 30.8 Å². The first-order valence-corrected chi connectivity index (χ1v) is 6.20. The highest BCUT2D eigenvalue weighted by atomic mass is 32.1. The summed E-state index contributed by atoms with van der Waals surface area (Å²) in [5, 5.41) is 4.31. The molecule has 0 bridgehead atoms. The van der Waals surface area contributed by atoms with E-state index in [0.29, 0.717) is 12.4 Å². The number of nitrogen functional groups attached to an aromatic ring is 1. The van der Waals surface area contributed by atoms with E-state index in [1.54, 1.807) is 0 Å². The summed E-state index contributed by atoms with van der Waals surface area (Å²) < 4.78 is 9.52. The molecule has 0 aliphatic heterocycles. The minimum Gasteiger partial charge on any atom is -0.487 e. The highest BCUT2D eigenvalue weighted by molar-refractivity contribution is 7.11. The van der Waals surface area contributed by atoms with Crippen LogP contribution in [-0.2, 0) is 0 Å². The van der Waals surface area contributed by atoms with Gasteiger partial charge >= 0.3 is 0 Å². The highest BCUT2D eigenvalue weighted by Crippen LogP contribution is 2.36. The summed E-state index contributed by atoms with van der Waals surface area (Å²) in [6, 6.07) is 0. The van der Waals surface area contributed by atoms with Crippen molar-refractivity contribution in [1.82, 2.24) is 4.37 Å². The number of aromatic nitrogens is 1. The van der Waals surface area contributed by atoms with Crippen LogP contribution in [0.2, 0.25) is 0 Å². The van der Waals surface area contributed by atoms with Gasteiger partial charge in [0.15, 0.2) is 16.6 Å². The Balaban J connectivity index is 1.87. The van der Waals surface area contributed by atoms with Gasteiger partial charge in [0.2, 0.25) is 0 Å². The Morgan fingerprint density at radius 3 is 3.07 bits per heavy atom. The van der Waals surface area contributed by atoms with Crippen LogP contribution in [0.25, 0.3) is 0 Å². The molecule has 15 heavy (non-hydrogen) atoms. The van der Waals surface area contributed by atoms with Crippen LogP contribution in [-0.4, -0.2) is 17.5 Å². The van der Waals surface area contributed by atoms with E-state index in [1.807, 2.05) is 6.92 Å². The van der Waals surface area contributed by atoms with Gasteiger partial charge in [-0.3, -0.25) is 0 Å². The molecule has 1 aromatic heterocycles. The van der Waals surface area contributed by atoms with Gasteiger partial charge in [-0.05, 0) is 30.8 Å². The van der Waals surface area contributed by atoms with Crippen LogP contribution in [0.1, 0.15) is 26.2 Å². The normalized spacial score (nSPS) is 15.3. The molecule has 2 rings (SSSR count). The van der Waals surface area contributed by atoms with Crippen LogP contribution in [0.4, 0.5) is 10.8 Å². The average Bonchev–Trinajstić information content (AvgIpc) is 2.98. The molecule has 1 aliphatic carbocycles. The average molecular weight is 227 g/mol. The Morgan fingerprint density at radius 1 is 1.60 bits per heavy atom. The molecule has 1 fully saturated rings. The van der Waals surface area contributed by atoms with Crippen molar-refractivity contribution in [2.75, 3.05) is 24.2 Å². The molecule has 4 nitrogen and oxygen atoms in total. The van der Waals surface area contributed by atoms with Crippen LogP contribution in [0.5, 0.6) is 5.75 Å². The first kappa shape index (κ1) is 10.5. The van der Waals surface area contributed by atoms with Crippen molar-refractivity contribution < 1.29 is 4.74 Å². The zero-order valence-electron chi connectivity index (χ0n) is 8.95. The second-order valence-corrected chi connectivity index (χ2v) is 4.59. The van der Waals surface area contributed by atoms with Crippen LogP contribution in [0, 0.1) is 5.92 Å². The van der Waals surface area contributed by atoms with Gasteiger partial charge in [0, 0.05) is 6.54 Å². The van der Waals surface area contributed by atoms with Gasteiger partial charge < -0.3 is 15.8 Å². The Hall–Kier alpha value is -0.970. The van der Waals surface area contributed by atoms with E-state index in [9.17, 15) is 0 Å². The van der Waals surface area contributed by atoms with Crippen LogP contribution in [0.15, 0.2) is 0 Å². The summed E-state index contributed by atoms with van der Waals surface area (Å²) in [6.45, 7) is 3.57. The van der Waals surface area contributed by atoms with Gasteiger partial charge in [-0.25, -0.2) is 0 Å². The number of nitrogens with zero attached hydrogens (tertiary/aromatic N) is 1. The molecule has 0 amide bonds. The fourth-order valence-corrected chi connectivity index (χ4v) is 2.17. The van der Waals surface area contributed by atoms with Gasteiger partial charge in [-0.1, -0.05) is 12.8 Å². The number of rotatable bonds is 6. The molecule has 0 spiro atoms. The molecule has 0 unspecified atom stereocenters. The molecule has 1 saturated carbocycles. The Kier molecular flexibility index (Phi) is 3.30. The van der Waals surface area contributed by atoms with Crippen LogP contribution >= 0.6 is 11.5 Å². The molecule has 1 aliphatic rings. The maximum atomic E-state index is 5.71. The molecule has 1 heterocycles. The van der Waals surface area contributed by atoms with Gasteiger partial charge in [-0.15, -0.1) is 0 Å². The minimum absolute atomic E-state index is 0.496. The van der Waals surface area contributed by atoms with E-state index < -0.39 is 0 Å². The Morgan fingerprint density at radius 2 is 2.40 bits per heavy atom. The van der Waals surface area contributed by atoms with Gasteiger partial charge in [-0.2, -0.15) is 4.37 Å². The van der Waals surface area contributed by atoms with Crippen molar-refractivity contribution in [1.29, 1.82) is 0 Å². The largest absolute Gasteiger partial charge is 0.487 e. The number of anilines is 2. The lowest BCUT2D eigenvalue weighted by Gasteiger charge is -2.06. The van der Waals surface area contributed by atoms with Gasteiger partial charge in [0.1, 0.15) is 0 Å². The first-order chi connectivity index (χ1) is 7.31. The Bertz CT molecular complexity index is 322. The number of ether oxygens (including phenoxy) is 1. The van der Waals surface area contributed by atoms with Gasteiger partial charge in [0.05, 0.1) is 6.61 Å². The summed E-state index contributed by atoms with van der Waals surface area (Å²) in [5.74, 6) is 2.16. The SMILES string of the molecule is CCOc1c(N)nsc1NCCC1CC1. The summed E-state index contributed by atoms with van der Waals surface area (Å²) >= 11 is 1.38. The highest BCUT2D eigenvalue weighted by Gasteiger charge is 2.21. The van der Waals surface area contributed by atoms with Crippen molar-refractivity contribution in [3.8, 4) is 5.75 Å². The predicted octanol–water partition coefficient (Wildman–Crippen LogP) is 2.34. The molecule has 0 atom stereocenters. The lowest BCUT2D eigenvalue weighted by molar-refractivity contribution is 0.344. The molecule has 1 aromatic rings. The second-order valence-electron chi connectivity index (χ2n) is 3.82. The molecule has 0 saturated heterocycles. The third-order valence-electron chi connectivity index (χ3n) is 2.50. The summed E-state index contributed by atoms with van der Waals surface area (Å²) in [6.07, 6.45) is 4.03. The van der Waals surface area contributed by atoms with Gasteiger partial charge in [0.25, 0.3) is 0 Å². The number of nitrogens with two attached hydrogens (primary N) is 1. The van der Waals surface area contributed by atoms with Crippen molar-refractivity contribution in [3.63, 3.8) is 0 Å². The maximum absolute atomic E-state index is 5.71. The molecule has 84 valence electrons. The minimum atomic E-state index is 0.496. The number of nitrogens with one attached hydrogen (secondary N) is 1. The lowest BCUT2D eigenvalue weighted by Crippen LogP contribution is -2.03. The standard InChI is InChI=1S/C10H17N3OS/c1-2-14-8-9(11)13-15-10(8)12-6-5-7-3-4-7/h7,12H,2-6H2,1H3,(H2,11,13). The molecule has 0 radical (unpaired) electrons. The van der Waals surface area contributed by atoms with E-state index in [-0.39, 0.29) is 0 Å².